The highest BCUT2D eigenvalue weighted by molar-refractivity contribution is 6.10. The number of para-hydroxylation sites is 2. The Morgan fingerprint density at radius 3 is 2.09 bits per heavy atom. The predicted octanol–water partition coefficient (Wildman–Crippen LogP) is 12.8. The van der Waals surface area contributed by atoms with Crippen molar-refractivity contribution in [3.63, 3.8) is 0 Å². The minimum absolute atomic E-state index is 0.109. The molecule has 0 aliphatic heterocycles. The molecule has 1 aliphatic rings. The largest absolute Gasteiger partial charge is 0.454 e. The number of rotatable bonds is 4. The number of furan rings is 1. The number of nitrogens with zero attached hydrogens (tertiary/aromatic N) is 1. The van der Waals surface area contributed by atoms with E-state index in [1.807, 2.05) is 6.07 Å². The summed E-state index contributed by atoms with van der Waals surface area (Å²) in [4.78, 5) is 2.36. The van der Waals surface area contributed by atoms with Gasteiger partial charge in [-0.25, -0.2) is 0 Å². The second-order valence-electron chi connectivity index (χ2n) is 13.6. The number of hydrogen-bond acceptors (Lipinski definition) is 2. The van der Waals surface area contributed by atoms with Gasteiger partial charge in [0.05, 0.1) is 5.69 Å². The molecule has 2 nitrogen and oxygen atoms in total. The van der Waals surface area contributed by atoms with E-state index >= 15 is 0 Å². The lowest BCUT2D eigenvalue weighted by atomic mass is 9.80. The van der Waals surface area contributed by atoms with E-state index in [0.717, 1.165) is 39.0 Å². The first kappa shape index (κ1) is 27.0. The lowest BCUT2D eigenvalue weighted by Crippen LogP contribution is -2.15. The van der Waals surface area contributed by atoms with Crippen molar-refractivity contribution in [3.8, 4) is 11.1 Å². The standard InChI is InChI=1S/C44H35NO/c1-27(2)28-16-19-32(20-17-28)45(40-14-9-13-37-35-12-7-8-15-41(35)46-43(37)40)33-21-23-34-31(24-33)18-22-36-38-25-29-10-5-6-11-30(29)26-39(38)44(3,4)42(34)36/h5-27H,1-4H3. The number of fused-ring (bicyclic) bond motifs is 9. The Labute approximate surface area is 269 Å². The Bertz CT molecular complexity index is 2480. The maximum atomic E-state index is 6.57. The molecule has 7 aromatic carbocycles. The fourth-order valence-electron chi connectivity index (χ4n) is 7.81. The minimum atomic E-state index is -0.109. The van der Waals surface area contributed by atoms with Crippen LogP contribution in [-0.4, -0.2) is 0 Å². The third-order valence-corrected chi connectivity index (χ3v) is 10.2. The van der Waals surface area contributed by atoms with Crippen molar-refractivity contribution in [2.75, 3.05) is 4.90 Å². The molecule has 0 saturated carbocycles. The number of hydrogen-bond donors (Lipinski definition) is 0. The first-order valence-electron chi connectivity index (χ1n) is 16.3. The molecular weight excluding hydrogens is 558 g/mol. The molecule has 0 spiro atoms. The van der Waals surface area contributed by atoms with E-state index in [9.17, 15) is 0 Å². The summed E-state index contributed by atoms with van der Waals surface area (Å²) in [5.74, 6) is 0.467. The molecule has 0 saturated heterocycles. The van der Waals surface area contributed by atoms with Crippen LogP contribution in [0, 0.1) is 0 Å². The van der Waals surface area contributed by atoms with E-state index in [-0.39, 0.29) is 5.41 Å². The maximum Gasteiger partial charge on any atom is 0.159 e. The molecule has 1 aromatic heterocycles. The van der Waals surface area contributed by atoms with Crippen LogP contribution < -0.4 is 4.90 Å². The Morgan fingerprint density at radius 1 is 0.565 bits per heavy atom. The van der Waals surface area contributed by atoms with Crippen LogP contribution >= 0.6 is 0 Å². The number of anilines is 3. The van der Waals surface area contributed by atoms with Gasteiger partial charge in [0, 0.05) is 27.6 Å². The van der Waals surface area contributed by atoms with Gasteiger partial charge in [-0.05, 0) is 104 Å². The highest BCUT2D eigenvalue weighted by Gasteiger charge is 2.37. The van der Waals surface area contributed by atoms with Gasteiger partial charge in [0.25, 0.3) is 0 Å². The predicted molar refractivity (Wildman–Crippen MR) is 195 cm³/mol. The van der Waals surface area contributed by atoms with Gasteiger partial charge in [0.2, 0.25) is 0 Å². The van der Waals surface area contributed by atoms with E-state index in [2.05, 4.69) is 160 Å². The summed E-state index contributed by atoms with van der Waals surface area (Å²) in [5.41, 5.74) is 11.8. The molecule has 2 heteroatoms. The van der Waals surface area contributed by atoms with Crippen LogP contribution in [0.4, 0.5) is 17.1 Å². The third kappa shape index (κ3) is 3.89. The minimum Gasteiger partial charge on any atom is -0.454 e. The fourth-order valence-corrected chi connectivity index (χ4v) is 7.81. The fraction of sp³-hybridized carbons (Fsp3) is 0.136. The van der Waals surface area contributed by atoms with Crippen LogP contribution in [-0.2, 0) is 5.41 Å². The van der Waals surface area contributed by atoms with Crippen molar-refractivity contribution in [1.82, 2.24) is 0 Å². The van der Waals surface area contributed by atoms with Gasteiger partial charge in [-0.15, -0.1) is 0 Å². The van der Waals surface area contributed by atoms with Crippen molar-refractivity contribution in [1.29, 1.82) is 0 Å². The lowest BCUT2D eigenvalue weighted by molar-refractivity contribution is 0.667. The molecule has 0 N–H and O–H groups in total. The van der Waals surface area contributed by atoms with Gasteiger partial charge in [-0.3, -0.25) is 0 Å². The molecule has 1 aliphatic carbocycles. The highest BCUT2D eigenvalue weighted by Crippen LogP contribution is 2.53. The number of benzene rings is 7. The van der Waals surface area contributed by atoms with Crippen LogP contribution in [0.15, 0.2) is 138 Å². The summed E-state index contributed by atoms with van der Waals surface area (Å²) < 4.78 is 6.57. The molecule has 0 fully saturated rings. The van der Waals surface area contributed by atoms with Gasteiger partial charge in [0.1, 0.15) is 5.58 Å². The monoisotopic (exact) mass is 593 g/mol. The van der Waals surface area contributed by atoms with Gasteiger partial charge in [-0.1, -0.05) is 113 Å². The average Bonchev–Trinajstić information content (AvgIpc) is 3.57. The Morgan fingerprint density at radius 2 is 1.28 bits per heavy atom. The van der Waals surface area contributed by atoms with E-state index in [4.69, 9.17) is 4.42 Å². The molecule has 0 radical (unpaired) electrons. The van der Waals surface area contributed by atoms with Crippen LogP contribution in [0.3, 0.4) is 0 Å². The molecule has 46 heavy (non-hydrogen) atoms. The molecular formula is C44H35NO. The normalized spacial score (nSPS) is 13.6. The Hall–Kier alpha value is -5.34. The van der Waals surface area contributed by atoms with E-state index < -0.39 is 0 Å². The molecule has 9 rings (SSSR count). The summed E-state index contributed by atoms with van der Waals surface area (Å²) in [5, 5.41) is 7.40. The topological polar surface area (TPSA) is 16.4 Å². The third-order valence-electron chi connectivity index (χ3n) is 10.2. The molecule has 0 amide bonds. The first-order valence-corrected chi connectivity index (χ1v) is 16.3. The van der Waals surface area contributed by atoms with Gasteiger partial charge >= 0.3 is 0 Å². The van der Waals surface area contributed by atoms with Crippen molar-refractivity contribution >= 4 is 60.5 Å². The Kier molecular flexibility index (Phi) is 5.77. The second-order valence-corrected chi connectivity index (χ2v) is 13.6. The van der Waals surface area contributed by atoms with Crippen LogP contribution in [0.1, 0.15) is 50.3 Å². The molecule has 0 bridgehead atoms. The van der Waals surface area contributed by atoms with Gasteiger partial charge in [-0.2, -0.15) is 0 Å². The van der Waals surface area contributed by atoms with Crippen molar-refractivity contribution < 1.29 is 4.42 Å². The van der Waals surface area contributed by atoms with Gasteiger partial charge in [0.15, 0.2) is 5.58 Å². The molecule has 222 valence electrons. The Balaban J connectivity index is 1.25. The summed E-state index contributed by atoms with van der Waals surface area (Å²) in [6.45, 7) is 9.24. The summed E-state index contributed by atoms with van der Waals surface area (Å²) in [7, 11) is 0. The maximum absolute atomic E-state index is 6.57. The molecule has 1 heterocycles. The summed E-state index contributed by atoms with van der Waals surface area (Å²) in [6.07, 6.45) is 0. The van der Waals surface area contributed by atoms with Gasteiger partial charge < -0.3 is 9.32 Å². The van der Waals surface area contributed by atoms with Crippen LogP contribution in [0.5, 0.6) is 0 Å². The quantitative estimate of drug-likeness (QED) is 0.202. The SMILES string of the molecule is CC(C)c1ccc(N(c2ccc3c4c(ccc3c2)-c2cc3ccccc3cc2C4(C)C)c2cccc3c2oc2ccccc23)cc1. The zero-order valence-corrected chi connectivity index (χ0v) is 26.6. The molecule has 8 aromatic rings. The van der Waals surface area contributed by atoms with Crippen molar-refractivity contribution in [2.45, 2.75) is 39.0 Å². The van der Waals surface area contributed by atoms with E-state index in [0.29, 0.717) is 5.92 Å². The molecule has 0 atom stereocenters. The van der Waals surface area contributed by atoms with E-state index in [1.54, 1.807) is 0 Å². The van der Waals surface area contributed by atoms with Crippen molar-refractivity contribution in [2.24, 2.45) is 0 Å². The van der Waals surface area contributed by atoms with Crippen molar-refractivity contribution in [3.05, 3.63) is 150 Å². The second kappa shape index (κ2) is 9.83. The molecule has 0 unspecified atom stereocenters. The van der Waals surface area contributed by atoms with Crippen LogP contribution in [0.25, 0.3) is 54.6 Å². The zero-order valence-electron chi connectivity index (χ0n) is 26.6. The summed E-state index contributed by atoms with van der Waals surface area (Å²) in [6, 6.07) is 48.9. The lowest BCUT2D eigenvalue weighted by Gasteiger charge is -2.27. The average molecular weight is 594 g/mol. The van der Waals surface area contributed by atoms with Crippen LogP contribution in [0.2, 0.25) is 0 Å². The summed E-state index contributed by atoms with van der Waals surface area (Å²) >= 11 is 0. The van der Waals surface area contributed by atoms with E-state index in [1.165, 1.54) is 49.4 Å². The smallest absolute Gasteiger partial charge is 0.159 e. The first-order chi connectivity index (χ1) is 22.4. The highest BCUT2D eigenvalue weighted by atomic mass is 16.3. The zero-order chi connectivity index (χ0) is 31.2.